The zero-order valence-electron chi connectivity index (χ0n) is 18.9. The van der Waals surface area contributed by atoms with Gasteiger partial charge in [-0.15, -0.1) is 0 Å². The van der Waals surface area contributed by atoms with Crippen molar-refractivity contribution in [1.29, 1.82) is 0 Å². The number of ketones is 2. The number of non-ortho nitro benzene ring substituents is 1. The molecule has 188 valence electrons. The molecule has 0 radical (unpaired) electrons. The molecule has 0 heterocycles. The first-order valence-corrected chi connectivity index (χ1v) is 10.5. The van der Waals surface area contributed by atoms with Gasteiger partial charge in [0.25, 0.3) is 5.69 Å². The van der Waals surface area contributed by atoms with Crippen molar-refractivity contribution in [3.8, 4) is 0 Å². The molecular formula is C26H17F2NO8. The number of benzene rings is 3. The largest absolute Gasteiger partial charge is 0.453 e. The van der Waals surface area contributed by atoms with Crippen LogP contribution in [0.15, 0.2) is 78.4 Å². The number of hydrogen-bond donors (Lipinski definition) is 0. The van der Waals surface area contributed by atoms with Crippen LogP contribution in [0.1, 0.15) is 26.3 Å². The minimum Gasteiger partial charge on any atom is -0.453 e. The van der Waals surface area contributed by atoms with Gasteiger partial charge in [-0.25, -0.2) is 18.4 Å². The molecule has 0 aliphatic rings. The van der Waals surface area contributed by atoms with E-state index in [4.69, 9.17) is 9.47 Å². The van der Waals surface area contributed by atoms with Gasteiger partial charge in [-0.2, -0.15) is 0 Å². The highest BCUT2D eigenvalue weighted by Crippen LogP contribution is 2.17. The number of nitrogens with zero attached hydrogens (tertiary/aromatic N) is 1. The van der Waals surface area contributed by atoms with Crippen molar-refractivity contribution < 1.29 is 42.4 Å². The van der Waals surface area contributed by atoms with Gasteiger partial charge in [-0.3, -0.25) is 19.7 Å². The third-order valence-electron chi connectivity index (χ3n) is 4.83. The van der Waals surface area contributed by atoms with Gasteiger partial charge in [0, 0.05) is 23.3 Å². The molecule has 0 aliphatic heterocycles. The second-order valence-corrected chi connectivity index (χ2v) is 7.42. The molecule has 3 rings (SSSR count). The molecule has 0 atom stereocenters. The van der Waals surface area contributed by atoms with Crippen LogP contribution in [0.5, 0.6) is 0 Å². The monoisotopic (exact) mass is 509 g/mol. The van der Waals surface area contributed by atoms with E-state index in [0.717, 1.165) is 36.4 Å². The quantitative estimate of drug-likeness (QED) is 0.0759. The van der Waals surface area contributed by atoms with Crippen molar-refractivity contribution >= 4 is 35.3 Å². The van der Waals surface area contributed by atoms with Gasteiger partial charge in [0.05, 0.1) is 4.92 Å². The summed E-state index contributed by atoms with van der Waals surface area (Å²) < 4.78 is 36.0. The Morgan fingerprint density at radius 2 is 1.22 bits per heavy atom. The topological polar surface area (TPSA) is 130 Å². The normalized spacial score (nSPS) is 10.2. The summed E-state index contributed by atoms with van der Waals surface area (Å²) in [5.41, 5.74) is -0.920. The lowest BCUT2D eigenvalue weighted by Gasteiger charge is -2.09. The summed E-state index contributed by atoms with van der Waals surface area (Å²) in [6.07, 6.45) is 0.947. The second-order valence-electron chi connectivity index (χ2n) is 7.42. The van der Waals surface area contributed by atoms with E-state index in [0.29, 0.717) is 0 Å². The van der Waals surface area contributed by atoms with Crippen LogP contribution in [0.3, 0.4) is 0 Å². The number of halogens is 2. The van der Waals surface area contributed by atoms with Gasteiger partial charge < -0.3 is 9.47 Å². The molecule has 0 saturated carbocycles. The molecule has 3 aromatic carbocycles. The Morgan fingerprint density at radius 1 is 0.757 bits per heavy atom. The number of rotatable bonds is 10. The molecule has 0 unspecified atom stereocenters. The van der Waals surface area contributed by atoms with Crippen molar-refractivity contribution in [1.82, 2.24) is 0 Å². The van der Waals surface area contributed by atoms with Crippen LogP contribution < -0.4 is 0 Å². The maximum absolute atomic E-state index is 13.1. The summed E-state index contributed by atoms with van der Waals surface area (Å²) >= 11 is 0. The van der Waals surface area contributed by atoms with E-state index in [-0.39, 0.29) is 22.4 Å². The molecule has 11 heteroatoms. The molecule has 0 spiro atoms. The zero-order valence-corrected chi connectivity index (χ0v) is 18.9. The summed E-state index contributed by atoms with van der Waals surface area (Å²) in [6.45, 7) is -1.61. The number of nitro benzene ring substituents is 1. The minimum absolute atomic E-state index is 0.0471. The number of carbonyl (C=O) groups excluding carboxylic acids is 4. The van der Waals surface area contributed by atoms with Gasteiger partial charge in [0.1, 0.15) is 17.2 Å². The Kier molecular flexibility index (Phi) is 8.66. The first-order valence-electron chi connectivity index (χ1n) is 10.5. The Labute approximate surface area is 208 Å². The molecule has 9 nitrogen and oxygen atoms in total. The van der Waals surface area contributed by atoms with Crippen molar-refractivity contribution in [3.63, 3.8) is 0 Å². The van der Waals surface area contributed by atoms with Gasteiger partial charge in [-0.05, 0) is 60.2 Å². The van der Waals surface area contributed by atoms with Crippen LogP contribution in [-0.2, 0) is 19.1 Å². The molecule has 37 heavy (non-hydrogen) atoms. The Bertz CT molecular complexity index is 1310. The number of carbonyl (C=O) groups is 4. The fourth-order valence-corrected chi connectivity index (χ4v) is 2.95. The summed E-state index contributed by atoms with van der Waals surface area (Å²) in [5, 5.41) is 11.1. The average molecular weight is 509 g/mol. The van der Waals surface area contributed by atoms with E-state index >= 15 is 0 Å². The Balaban J connectivity index is 1.78. The minimum atomic E-state index is -1.30. The highest BCUT2D eigenvalue weighted by Gasteiger charge is 2.24. The maximum Gasteiger partial charge on any atom is 0.346 e. The lowest BCUT2D eigenvalue weighted by atomic mass is 10.1. The Hall–Kier alpha value is -5.06. The number of Topliss-reactive ketones (excluding diaryl/α,β-unsaturated/α-hetero) is 2. The van der Waals surface area contributed by atoms with Crippen LogP contribution in [0, 0.1) is 21.7 Å². The predicted octanol–water partition coefficient (Wildman–Crippen LogP) is 4.11. The first kappa shape index (κ1) is 26.5. The van der Waals surface area contributed by atoms with E-state index in [1.54, 1.807) is 0 Å². The van der Waals surface area contributed by atoms with Crippen molar-refractivity contribution in [3.05, 3.63) is 117 Å². The third kappa shape index (κ3) is 7.46. The molecule has 0 fully saturated rings. The standard InChI is InChI=1S/C26H17F2NO8/c27-19-8-4-17(5-9-19)23(30)14-36-25(32)22(13-16-2-1-3-21(12-16)29(34)35)26(33)37-15-24(31)18-6-10-20(28)11-7-18/h1-13H,14-15H2. The molecule has 0 amide bonds. The third-order valence-corrected chi connectivity index (χ3v) is 4.83. The lowest BCUT2D eigenvalue weighted by Crippen LogP contribution is -2.23. The van der Waals surface area contributed by atoms with Crippen LogP contribution in [-0.4, -0.2) is 41.6 Å². The van der Waals surface area contributed by atoms with Gasteiger partial charge in [-0.1, -0.05) is 12.1 Å². The molecule has 0 aliphatic carbocycles. The average Bonchev–Trinajstić information content (AvgIpc) is 2.89. The SMILES string of the molecule is O=C(OCC(=O)c1ccc(F)cc1)C(=Cc1cccc([N+](=O)[O-])c1)C(=O)OCC(=O)c1ccc(F)cc1. The summed E-state index contributed by atoms with van der Waals surface area (Å²) in [7, 11) is 0. The van der Waals surface area contributed by atoms with Crippen LogP contribution >= 0.6 is 0 Å². The molecule has 0 bridgehead atoms. The summed E-state index contributed by atoms with van der Waals surface area (Å²) in [6, 6.07) is 13.8. The number of hydrogen-bond acceptors (Lipinski definition) is 8. The van der Waals surface area contributed by atoms with Gasteiger partial charge in [0.2, 0.25) is 0 Å². The smallest absolute Gasteiger partial charge is 0.346 e. The van der Waals surface area contributed by atoms with E-state index in [1.165, 1.54) is 42.5 Å². The fraction of sp³-hybridized carbons (Fsp3) is 0.0769. The van der Waals surface area contributed by atoms with Crippen LogP contribution in [0.25, 0.3) is 6.08 Å². The lowest BCUT2D eigenvalue weighted by molar-refractivity contribution is -0.384. The number of nitro groups is 1. The maximum atomic E-state index is 13.1. The number of esters is 2. The fourth-order valence-electron chi connectivity index (χ4n) is 2.95. The molecular weight excluding hydrogens is 492 g/mol. The van der Waals surface area contributed by atoms with E-state index < -0.39 is 58.8 Å². The zero-order chi connectivity index (χ0) is 26.9. The Morgan fingerprint density at radius 3 is 1.65 bits per heavy atom. The molecule has 0 saturated heterocycles. The van der Waals surface area contributed by atoms with Crippen molar-refractivity contribution in [2.24, 2.45) is 0 Å². The summed E-state index contributed by atoms with van der Waals surface area (Å²) in [4.78, 5) is 60.2. The number of ether oxygens (including phenoxy) is 2. The summed E-state index contributed by atoms with van der Waals surface area (Å²) in [5.74, 6) is -5.14. The van der Waals surface area contributed by atoms with Crippen LogP contribution in [0.4, 0.5) is 14.5 Å². The highest BCUT2D eigenvalue weighted by atomic mass is 19.1. The van der Waals surface area contributed by atoms with E-state index in [2.05, 4.69) is 0 Å². The van der Waals surface area contributed by atoms with E-state index in [9.17, 15) is 38.1 Å². The highest BCUT2D eigenvalue weighted by molar-refractivity contribution is 6.18. The predicted molar refractivity (Wildman–Crippen MR) is 124 cm³/mol. The second kappa shape index (κ2) is 12.1. The van der Waals surface area contributed by atoms with Crippen molar-refractivity contribution in [2.75, 3.05) is 13.2 Å². The molecule has 0 aromatic heterocycles. The first-order chi connectivity index (χ1) is 17.6. The van der Waals surface area contributed by atoms with E-state index in [1.807, 2.05) is 0 Å². The molecule has 3 aromatic rings. The van der Waals surface area contributed by atoms with Gasteiger partial charge >= 0.3 is 11.9 Å². The molecule has 0 N–H and O–H groups in total. The van der Waals surface area contributed by atoms with Gasteiger partial charge in [0.15, 0.2) is 24.8 Å². The van der Waals surface area contributed by atoms with Crippen molar-refractivity contribution in [2.45, 2.75) is 0 Å². The van der Waals surface area contributed by atoms with Crippen LogP contribution in [0.2, 0.25) is 0 Å².